The van der Waals surface area contributed by atoms with Crippen LogP contribution in [0.25, 0.3) is 5.00 Å². The number of pyridine rings is 1. The van der Waals surface area contributed by atoms with Crippen LogP contribution in [0.2, 0.25) is 5.02 Å². The van der Waals surface area contributed by atoms with E-state index in [2.05, 4.69) is 74.2 Å². The van der Waals surface area contributed by atoms with Crippen molar-refractivity contribution in [2.24, 2.45) is 10.4 Å². The predicted molar refractivity (Wildman–Crippen MR) is 225 cm³/mol. The van der Waals surface area contributed by atoms with Crippen molar-refractivity contribution < 1.29 is 9.53 Å². The number of hydrogen-bond donors (Lipinski definition) is 1. The van der Waals surface area contributed by atoms with Gasteiger partial charge in [0.05, 0.1) is 22.4 Å². The molecule has 298 valence electrons. The molecule has 1 saturated heterocycles. The molecule has 5 aromatic rings. The van der Waals surface area contributed by atoms with Crippen molar-refractivity contribution in [3.63, 3.8) is 0 Å². The molecule has 1 N–H and O–H groups in total. The van der Waals surface area contributed by atoms with E-state index in [0.717, 1.165) is 116 Å². The minimum atomic E-state index is -0.196. The number of nitriles is 1. The van der Waals surface area contributed by atoms with Gasteiger partial charge in [-0.1, -0.05) is 11.6 Å². The lowest BCUT2D eigenvalue weighted by molar-refractivity contribution is 0.0888. The Morgan fingerprint density at radius 2 is 1.79 bits per heavy atom. The van der Waals surface area contributed by atoms with Crippen LogP contribution >= 0.6 is 22.9 Å². The van der Waals surface area contributed by atoms with Crippen LogP contribution < -0.4 is 15.0 Å². The zero-order valence-electron chi connectivity index (χ0n) is 33.3. The molecule has 4 aromatic heterocycles. The maximum Gasteiger partial charge on any atom is 0.272 e. The van der Waals surface area contributed by atoms with Gasteiger partial charge in [-0.3, -0.25) is 19.3 Å². The smallest absolute Gasteiger partial charge is 0.272 e. The van der Waals surface area contributed by atoms with Crippen LogP contribution in [-0.4, -0.2) is 66.8 Å². The maximum atomic E-state index is 13.1. The molecular weight excluding hydrogens is 768 g/mol. The molecular formula is C44H47ClN10O2S. The molecule has 0 unspecified atom stereocenters. The number of halogens is 1. The Balaban J connectivity index is 0.773. The highest BCUT2D eigenvalue weighted by Crippen LogP contribution is 2.48. The minimum Gasteiger partial charge on any atom is -0.490 e. The number of aryl methyl sites for hydroxylation is 2. The first-order valence-corrected chi connectivity index (χ1v) is 21.6. The van der Waals surface area contributed by atoms with Gasteiger partial charge in [-0.05, 0) is 133 Å². The third-order valence-electron chi connectivity index (χ3n) is 12.9. The predicted octanol–water partition coefficient (Wildman–Crippen LogP) is 8.55. The molecule has 3 fully saturated rings. The lowest BCUT2D eigenvalue weighted by Crippen LogP contribution is -2.40. The summed E-state index contributed by atoms with van der Waals surface area (Å²) in [7, 11) is 0. The Morgan fingerprint density at radius 3 is 2.50 bits per heavy atom. The van der Waals surface area contributed by atoms with Gasteiger partial charge >= 0.3 is 0 Å². The SMILES string of the molecule is Cc1sc2c(c1C)C(c1ccc(C3CCC4(CC3)CCN(c3ccc(C(=O)NC5CCC(Oc6ccc(C#N)c(Cl)c6)CC5)nn3)C4)nc1)=N[C@@H](C)c1nnc(C)n1-2. The number of thiophene rings is 1. The number of aliphatic imine (C=N–C) groups is 1. The van der Waals surface area contributed by atoms with Crippen LogP contribution in [-0.2, 0) is 0 Å². The Labute approximate surface area is 347 Å². The molecule has 0 radical (unpaired) electrons. The quantitative estimate of drug-likeness (QED) is 0.171. The fourth-order valence-electron chi connectivity index (χ4n) is 9.38. The summed E-state index contributed by atoms with van der Waals surface area (Å²) in [4.78, 5) is 27.0. The highest BCUT2D eigenvalue weighted by molar-refractivity contribution is 7.15. The molecule has 1 amide bonds. The molecule has 1 spiro atoms. The average Bonchev–Trinajstić information content (AvgIpc) is 3.90. The van der Waals surface area contributed by atoms with Crippen molar-refractivity contribution in [3.05, 3.63) is 104 Å². The maximum absolute atomic E-state index is 13.1. The van der Waals surface area contributed by atoms with Crippen molar-refractivity contribution >= 4 is 40.4 Å². The number of carbonyl (C=O) groups excluding carboxylic acids is 1. The van der Waals surface area contributed by atoms with E-state index in [0.29, 0.717) is 27.9 Å². The van der Waals surface area contributed by atoms with E-state index in [1.54, 1.807) is 35.6 Å². The van der Waals surface area contributed by atoms with Gasteiger partial charge in [-0.25, -0.2) is 0 Å². The van der Waals surface area contributed by atoms with Crippen LogP contribution in [0.1, 0.15) is 132 Å². The number of nitrogens with zero attached hydrogens (tertiary/aromatic N) is 9. The van der Waals surface area contributed by atoms with Crippen LogP contribution in [0.15, 0.2) is 53.7 Å². The van der Waals surface area contributed by atoms with Crippen molar-refractivity contribution in [1.29, 1.82) is 5.26 Å². The van der Waals surface area contributed by atoms with Gasteiger partial charge in [-0.15, -0.1) is 31.7 Å². The number of hydrogen-bond acceptors (Lipinski definition) is 11. The first-order valence-electron chi connectivity index (χ1n) is 20.4. The fourth-order valence-corrected chi connectivity index (χ4v) is 10.8. The molecule has 58 heavy (non-hydrogen) atoms. The number of rotatable bonds is 7. The Hall–Kier alpha value is -5.19. The molecule has 2 aliphatic heterocycles. The summed E-state index contributed by atoms with van der Waals surface area (Å²) in [5, 5.41) is 31.5. The molecule has 2 aliphatic carbocycles. The van der Waals surface area contributed by atoms with Gasteiger partial charge in [0, 0.05) is 59.0 Å². The summed E-state index contributed by atoms with van der Waals surface area (Å²) in [5.74, 6) is 3.48. The Bertz CT molecular complexity index is 2420. The van der Waals surface area contributed by atoms with Crippen LogP contribution in [0.4, 0.5) is 5.82 Å². The normalized spacial score (nSPS) is 24.1. The van der Waals surface area contributed by atoms with E-state index in [1.165, 1.54) is 10.4 Å². The number of ether oxygens (including phenoxy) is 1. The van der Waals surface area contributed by atoms with E-state index < -0.39 is 0 Å². The molecule has 9 rings (SSSR count). The first kappa shape index (κ1) is 38.3. The van der Waals surface area contributed by atoms with Gasteiger partial charge < -0.3 is 15.0 Å². The molecule has 1 aromatic carbocycles. The average molecular weight is 815 g/mol. The van der Waals surface area contributed by atoms with Crippen molar-refractivity contribution in [2.45, 2.75) is 110 Å². The van der Waals surface area contributed by atoms with E-state index >= 15 is 0 Å². The Kier molecular flexibility index (Phi) is 10.3. The summed E-state index contributed by atoms with van der Waals surface area (Å²) in [5.41, 5.74) is 6.62. The number of amides is 1. The van der Waals surface area contributed by atoms with E-state index in [4.69, 9.17) is 31.6 Å². The van der Waals surface area contributed by atoms with Gasteiger partial charge in [0.25, 0.3) is 5.91 Å². The highest BCUT2D eigenvalue weighted by atomic mass is 35.5. The molecule has 12 nitrogen and oxygen atoms in total. The third-order valence-corrected chi connectivity index (χ3v) is 14.4. The second-order valence-electron chi connectivity index (χ2n) is 16.6. The van der Waals surface area contributed by atoms with Gasteiger partial charge in [0.15, 0.2) is 17.3 Å². The second kappa shape index (κ2) is 15.5. The lowest BCUT2D eigenvalue weighted by Gasteiger charge is -2.37. The number of nitrogens with one attached hydrogen (secondary N) is 1. The number of benzene rings is 1. The molecule has 2 saturated carbocycles. The standard InChI is InChI=1S/C44H47ClN10O2S/c1-25-27(3)58-43-39(25)40(48-26(2)41-53-50-28(4)55(41)43)31-6-12-36(47-23-31)29-15-17-44(18-16-29)19-20-54(24-44)38-14-13-37(51-52-38)42(56)49-32-7-10-33(11-8-32)57-34-9-5-30(22-46)35(45)21-34/h5-6,9,12-14,21,23,26,29,32-33H,7-8,10-11,15-20,24H2,1-4H3,(H,49,56)/t26-,29?,32?,33?,44?/m0/s1. The second-order valence-corrected chi connectivity index (χ2v) is 18.2. The molecule has 1 atom stereocenters. The highest BCUT2D eigenvalue weighted by Gasteiger charge is 2.42. The van der Waals surface area contributed by atoms with E-state index in [1.807, 2.05) is 19.2 Å². The van der Waals surface area contributed by atoms with E-state index in [9.17, 15) is 4.79 Å². The zero-order chi connectivity index (χ0) is 40.1. The summed E-state index contributed by atoms with van der Waals surface area (Å²) in [6.45, 7) is 10.4. The summed E-state index contributed by atoms with van der Waals surface area (Å²) < 4.78 is 8.29. The van der Waals surface area contributed by atoms with Gasteiger partial charge in [0.1, 0.15) is 28.7 Å². The lowest BCUT2D eigenvalue weighted by atomic mass is 9.69. The van der Waals surface area contributed by atoms with Gasteiger partial charge in [-0.2, -0.15) is 5.26 Å². The van der Waals surface area contributed by atoms with Gasteiger partial charge in [0.2, 0.25) is 0 Å². The minimum absolute atomic E-state index is 0.0371. The summed E-state index contributed by atoms with van der Waals surface area (Å²) in [6, 6.07) is 15.3. The topological polar surface area (TPSA) is 147 Å². The monoisotopic (exact) mass is 814 g/mol. The zero-order valence-corrected chi connectivity index (χ0v) is 34.9. The van der Waals surface area contributed by atoms with Crippen LogP contribution in [0.5, 0.6) is 5.75 Å². The summed E-state index contributed by atoms with van der Waals surface area (Å²) >= 11 is 7.95. The molecule has 4 aliphatic rings. The first-order chi connectivity index (χ1) is 28.1. The largest absolute Gasteiger partial charge is 0.490 e. The number of carbonyl (C=O) groups is 1. The number of aromatic nitrogens is 6. The Morgan fingerprint density at radius 1 is 0.983 bits per heavy atom. The van der Waals surface area contributed by atoms with Crippen molar-refractivity contribution in [3.8, 4) is 16.8 Å². The van der Waals surface area contributed by atoms with Crippen molar-refractivity contribution in [2.75, 3.05) is 18.0 Å². The number of anilines is 1. The summed E-state index contributed by atoms with van der Waals surface area (Å²) in [6.07, 6.45) is 11.0. The van der Waals surface area contributed by atoms with E-state index in [-0.39, 0.29) is 29.5 Å². The van der Waals surface area contributed by atoms with Crippen molar-refractivity contribution in [1.82, 2.24) is 35.3 Å². The van der Waals surface area contributed by atoms with Crippen LogP contribution in [0.3, 0.4) is 0 Å². The molecule has 0 bridgehead atoms. The molecule has 6 heterocycles. The number of fused-ring (bicyclic) bond motifs is 3. The molecule has 14 heteroatoms. The van der Waals surface area contributed by atoms with Crippen LogP contribution in [0, 0.1) is 37.5 Å². The fraction of sp³-hybridized carbons (Fsp3) is 0.455. The third kappa shape index (κ3) is 7.26.